The van der Waals surface area contributed by atoms with Gasteiger partial charge in [0.2, 0.25) is 0 Å². The Morgan fingerprint density at radius 3 is 2.79 bits per heavy atom. The Bertz CT molecular complexity index is 545. The number of hydrogen-bond donors (Lipinski definition) is 1. The van der Waals surface area contributed by atoms with E-state index < -0.39 is 5.97 Å². The highest BCUT2D eigenvalue weighted by Gasteiger charge is 1.95. The highest BCUT2D eigenvalue weighted by Crippen LogP contribution is 2.13. The van der Waals surface area contributed by atoms with Crippen LogP contribution in [0.3, 0.4) is 0 Å². The van der Waals surface area contributed by atoms with E-state index in [0.29, 0.717) is 13.2 Å². The van der Waals surface area contributed by atoms with Gasteiger partial charge in [-0.1, -0.05) is 12.1 Å². The fourth-order valence-electron chi connectivity index (χ4n) is 1.53. The lowest BCUT2D eigenvalue weighted by Gasteiger charge is -2.06. The van der Waals surface area contributed by atoms with Crippen molar-refractivity contribution in [3.63, 3.8) is 0 Å². The molecule has 1 N–H and O–H groups in total. The minimum Gasteiger partial charge on any atom is -0.492 e. The zero-order valence-electron chi connectivity index (χ0n) is 10.3. The van der Waals surface area contributed by atoms with Crippen molar-refractivity contribution in [3.05, 3.63) is 54.4 Å². The van der Waals surface area contributed by atoms with Crippen molar-refractivity contribution < 1.29 is 14.6 Å². The largest absolute Gasteiger partial charge is 0.492 e. The summed E-state index contributed by atoms with van der Waals surface area (Å²) in [4.78, 5) is 10.4. The van der Waals surface area contributed by atoms with Gasteiger partial charge < -0.3 is 9.84 Å². The van der Waals surface area contributed by atoms with Crippen LogP contribution in [-0.2, 0) is 11.3 Å². The third-order valence-corrected chi connectivity index (χ3v) is 2.45. The molecule has 0 aliphatic heterocycles. The van der Waals surface area contributed by atoms with E-state index in [2.05, 4.69) is 5.10 Å². The van der Waals surface area contributed by atoms with E-state index >= 15 is 0 Å². The molecule has 1 aromatic heterocycles. The molecule has 0 saturated carbocycles. The molecule has 0 unspecified atom stereocenters. The third kappa shape index (κ3) is 4.31. The molecule has 0 bridgehead atoms. The van der Waals surface area contributed by atoms with Crippen molar-refractivity contribution in [1.29, 1.82) is 0 Å². The second-order valence-electron chi connectivity index (χ2n) is 3.86. The Morgan fingerprint density at radius 2 is 2.16 bits per heavy atom. The fourth-order valence-corrected chi connectivity index (χ4v) is 1.53. The topological polar surface area (TPSA) is 64.3 Å². The van der Waals surface area contributed by atoms with Gasteiger partial charge in [-0.2, -0.15) is 5.10 Å². The van der Waals surface area contributed by atoms with Crippen LogP contribution in [0.25, 0.3) is 6.08 Å². The Kier molecular flexibility index (Phi) is 4.34. The molecule has 5 heteroatoms. The third-order valence-electron chi connectivity index (χ3n) is 2.45. The fraction of sp³-hybridized carbons (Fsp3) is 0.143. The second-order valence-corrected chi connectivity index (χ2v) is 3.86. The second kappa shape index (κ2) is 6.39. The van der Waals surface area contributed by atoms with E-state index in [-0.39, 0.29) is 0 Å². The van der Waals surface area contributed by atoms with Crippen molar-refractivity contribution in [1.82, 2.24) is 9.78 Å². The maximum absolute atomic E-state index is 10.4. The number of carboxylic acid groups (broad SMARTS) is 1. The molecule has 98 valence electrons. The predicted octanol–water partition coefficient (Wildman–Crippen LogP) is 2.06. The highest BCUT2D eigenvalue weighted by molar-refractivity contribution is 5.85. The van der Waals surface area contributed by atoms with Gasteiger partial charge in [0.05, 0.1) is 6.54 Å². The van der Waals surface area contributed by atoms with Crippen molar-refractivity contribution in [2.75, 3.05) is 6.61 Å². The minimum absolute atomic E-state index is 0.534. The van der Waals surface area contributed by atoms with Gasteiger partial charge in [0.1, 0.15) is 12.4 Å². The van der Waals surface area contributed by atoms with Gasteiger partial charge in [-0.25, -0.2) is 4.79 Å². The molecule has 0 amide bonds. The van der Waals surface area contributed by atoms with E-state index in [1.807, 2.05) is 36.5 Å². The summed E-state index contributed by atoms with van der Waals surface area (Å²) in [6, 6.07) is 9.10. The van der Waals surface area contributed by atoms with Gasteiger partial charge in [-0.3, -0.25) is 4.68 Å². The molecule has 0 fully saturated rings. The zero-order valence-corrected chi connectivity index (χ0v) is 10.3. The summed E-state index contributed by atoms with van der Waals surface area (Å²) in [5.41, 5.74) is 0.821. The smallest absolute Gasteiger partial charge is 0.328 e. The Morgan fingerprint density at radius 1 is 1.37 bits per heavy atom. The molecule has 0 saturated heterocycles. The number of nitrogens with zero attached hydrogens (tertiary/aromatic N) is 2. The number of rotatable bonds is 6. The van der Waals surface area contributed by atoms with Gasteiger partial charge in [-0.05, 0) is 29.8 Å². The Balaban J connectivity index is 1.83. The lowest BCUT2D eigenvalue weighted by Crippen LogP contribution is -2.08. The predicted molar refractivity (Wildman–Crippen MR) is 70.8 cm³/mol. The molecule has 2 rings (SSSR count). The summed E-state index contributed by atoms with van der Waals surface area (Å²) < 4.78 is 7.35. The number of hydrogen-bond acceptors (Lipinski definition) is 3. The first kappa shape index (κ1) is 12.9. The quantitative estimate of drug-likeness (QED) is 0.805. The van der Waals surface area contributed by atoms with Crippen LogP contribution in [0, 0.1) is 0 Å². The highest BCUT2D eigenvalue weighted by atomic mass is 16.5. The lowest BCUT2D eigenvalue weighted by molar-refractivity contribution is -0.131. The summed E-state index contributed by atoms with van der Waals surface area (Å²) in [5, 5.41) is 12.6. The van der Waals surface area contributed by atoms with Crippen LogP contribution in [0.15, 0.2) is 48.8 Å². The summed E-state index contributed by atoms with van der Waals surface area (Å²) in [6.07, 6.45) is 6.25. The number of carboxylic acids is 1. The SMILES string of the molecule is O=C(O)C=Cc1ccc(OCCn2cccn2)cc1. The molecule has 0 radical (unpaired) electrons. The van der Waals surface area contributed by atoms with E-state index in [1.54, 1.807) is 10.9 Å². The molecule has 0 spiro atoms. The molecule has 0 aliphatic rings. The average Bonchev–Trinajstić information content (AvgIpc) is 2.91. The molecule has 5 nitrogen and oxygen atoms in total. The summed E-state index contributed by atoms with van der Waals surface area (Å²) in [6.45, 7) is 1.22. The standard InChI is InChI=1S/C14H14N2O3/c17-14(18)7-4-12-2-5-13(6-3-12)19-11-10-16-9-1-8-15-16/h1-9H,10-11H2,(H,17,18). The summed E-state index contributed by atoms with van der Waals surface area (Å²) >= 11 is 0. The van der Waals surface area contributed by atoms with Gasteiger partial charge in [0, 0.05) is 18.5 Å². The summed E-state index contributed by atoms with van der Waals surface area (Å²) in [7, 11) is 0. The normalized spacial score (nSPS) is 10.7. The number of benzene rings is 1. The Hall–Kier alpha value is -2.56. The van der Waals surface area contributed by atoms with E-state index in [9.17, 15) is 4.79 Å². The van der Waals surface area contributed by atoms with Crippen LogP contribution in [0.5, 0.6) is 5.75 Å². The molecular weight excluding hydrogens is 244 g/mol. The van der Waals surface area contributed by atoms with Crippen molar-refractivity contribution in [3.8, 4) is 5.75 Å². The average molecular weight is 258 g/mol. The summed E-state index contributed by atoms with van der Waals surface area (Å²) in [5.74, 6) is -0.209. The first-order valence-electron chi connectivity index (χ1n) is 5.85. The monoisotopic (exact) mass is 258 g/mol. The molecule has 19 heavy (non-hydrogen) atoms. The van der Waals surface area contributed by atoms with E-state index in [4.69, 9.17) is 9.84 Å². The molecule has 1 aromatic carbocycles. The number of aliphatic carboxylic acids is 1. The maximum atomic E-state index is 10.4. The number of ether oxygens (including phenoxy) is 1. The van der Waals surface area contributed by atoms with Gasteiger partial charge >= 0.3 is 5.97 Å². The maximum Gasteiger partial charge on any atom is 0.328 e. The molecule has 1 heterocycles. The Labute approximate surface area is 110 Å². The molecule has 0 atom stereocenters. The van der Waals surface area contributed by atoms with Crippen LogP contribution >= 0.6 is 0 Å². The number of aromatic nitrogens is 2. The van der Waals surface area contributed by atoms with Gasteiger partial charge in [0.15, 0.2) is 0 Å². The van der Waals surface area contributed by atoms with Crippen molar-refractivity contribution in [2.45, 2.75) is 6.54 Å². The first-order chi connectivity index (χ1) is 9.24. The van der Waals surface area contributed by atoms with Crippen LogP contribution in [0.2, 0.25) is 0 Å². The lowest BCUT2D eigenvalue weighted by atomic mass is 10.2. The van der Waals surface area contributed by atoms with Crippen molar-refractivity contribution in [2.24, 2.45) is 0 Å². The molecule has 2 aromatic rings. The van der Waals surface area contributed by atoms with Crippen molar-refractivity contribution >= 4 is 12.0 Å². The van der Waals surface area contributed by atoms with E-state index in [1.165, 1.54) is 6.08 Å². The molecule has 0 aliphatic carbocycles. The first-order valence-corrected chi connectivity index (χ1v) is 5.85. The van der Waals surface area contributed by atoms with Crippen LogP contribution in [0.4, 0.5) is 0 Å². The number of carbonyl (C=O) groups is 1. The zero-order chi connectivity index (χ0) is 13.5. The minimum atomic E-state index is -0.959. The van der Waals surface area contributed by atoms with E-state index in [0.717, 1.165) is 17.4 Å². The van der Waals surface area contributed by atoms with Crippen LogP contribution < -0.4 is 4.74 Å². The van der Waals surface area contributed by atoms with Gasteiger partial charge in [-0.15, -0.1) is 0 Å². The van der Waals surface area contributed by atoms with Gasteiger partial charge in [0.25, 0.3) is 0 Å². The van der Waals surface area contributed by atoms with Crippen LogP contribution in [-0.4, -0.2) is 27.5 Å². The molecular formula is C14H14N2O3. The van der Waals surface area contributed by atoms with Crippen LogP contribution in [0.1, 0.15) is 5.56 Å².